The molecule has 2 N–H and O–H groups in total. The summed E-state index contributed by atoms with van der Waals surface area (Å²) in [5.41, 5.74) is 2.63. The summed E-state index contributed by atoms with van der Waals surface area (Å²) in [6, 6.07) is 13.0. The molecular weight excluding hydrogens is 503 g/mol. The van der Waals surface area contributed by atoms with Gasteiger partial charge in [0, 0.05) is 67.3 Å². The van der Waals surface area contributed by atoms with Gasteiger partial charge in [-0.1, -0.05) is 24.0 Å². The molecule has 9 heteroatoms. The molecule has 2 aromatic carbocycles. The number of pyridine rings is 1. The molecule has 200 valence electrons. The number of hydrogen-bond donors (Lipinski definition) is 2. The SMILES string of the molecule is Cc1ccc(C(=O)Nc2ccc(CN3CCN(C)CC3)c(C(F)(F)F)c2)c(C#Cc2cnc3[nH]ccc3c2)c1. The molecular formula is C30H28F3N5O. The average molecular weight is 532 g/mol. The van der Waals surface area contributed by atoms with Crippen molar-refractivity contribution in [2.45, 2.75) is 19.6 Å². The van der Waals surface area contributed by atoms with E-state index < -0.39 is 17.6 Å². The second-order valence-corrected chi connectivity index (χ2v) is 9.84. The highest BCUT2D eigenvalue weighted by Crippen LogP contribution is 2.35. The van der Waals surface area contributed by atoms with E-state index in [0.717, 1.165) is 35.8 Å². The maximum absolute atomic E-state index is 14.0. The van der Waals surface area contributed by atoms with Crippen molar-refractivity contribution in [2.75, 3.05) is 38.5 Å². The summed E-state index contributed by atoms with van der Waals surface area (Å²) < 4.78 is 42.0. The number of likely N-dealkylation sites (N-methyl/N-ethyl adjacent to an activating group) is 1. The number of piperazine rings is 1. The van der Waals surface area contributed by atoms with E-state index in [1.54, 1.807) is 30.6 Å². The van der Waals surface area contributed by atoms with E-state index in [4.69, 9.17) is 0 Å². The van der Waals surface area contributed by atoms with Crippen molar-refractivity contribution < 1.29 is 18.0 Å². The Kier molecular flexibility index (Phi) is 7.42. The number of fused-ring (bicyclic) bond motifs is 1. The highest BCUT2D eigenvalue weighted by atomic mass is 19.4. The predicted molar refractivity (Wildman–Crippen MR) is 145 cm³/mol. The molecule has 39 heavy (non-hydrogen) atoms. The van der Waals surface area contributed by atoms with Crippen LogP contribution in [0.3, 0.4) is 0 Å². The third kappa shape index (κ3) is 6.30. The number of alkyl halides is 3. The van der Waals surface area contributed by atoms with Gasteiger partial charge in [-0.2, -0.15) is 13.2 Å². The van der Waals surface area contributed by atoms with Crippen LogP contribution in [0.25, 0.3) is 11.0 Å². The number of anilines is 1. The maximum Gasteiger partial charge on any atom is 0.416 e. The highest BCUT2D eigenvalue weighted by molar-refractivity contribution is 6.06. The molecule has 1 aliphatic rings. The third-order valence-corrected chi connectivity index (χ3v) is 6.82. The first-order valence-electron chi connectivity index (χ1n) is 12.6. The molecule has 0 unspecified atom stereocenters. The van der Waals surface area contributed by atoms with Crippen LogP contribution in [0.1, 0.15) is 38.2 Å². The Morgan fingerprint density at radius 1 is 1.05 bits per heavy atom. The first-order chi connectivity index (χ1) is 18.7. The molecule has 3 heterocycles. The van der Waals surface area contributed by atoms with Crippen LogP contribution in [-0.4, -0.2) is 58.9 Å². The average Bonchev–Trinajstić information content (AvgIpc) is 3.37. The van der Waals surface area contributed by atoms with Crippen LogP contribution >= 0.6 is 0 Å². The lowest BCUT2D eigenvalue weighted by Crippen LogP contribution is -2.44. The standard InChI is InChI=1S/C30H28F3N5O/c1-20-3-8-26(22(15-20)5-4-21-16-23-9-10-34-28(23)35-18-21)29(39)36-25-7-6-24(27(17-25)30(31,32)33)19-38-13-11-37(2)12-14-38/h3,6-10,15-18H,11-14,19H2,1-2H3,(H,34,35)(H,36,39). The molecule has 0 atom stereocenters. The largest absolute Gasteiger partial charge is 0.416 e. The third-order valence-electron chi connectivity index (χ3n) is 6.82. The van der Waals surface area contributed by atoms with Crippen molar-refractivity contribution in [3.63, 3.8) is 0 Å². The van der Waals surface area contributed by atoms with Crippen LogP contribution < -0.4 is 5.32 Å². The fourth-order valence-corrected chi connectivity index (χ4v) is 4.61. The summed E-state index contributed by atoms with van der Waals surface area (Å²) in [5, 5.41) is 3.56. The van der Waals surface area contributed by atoms with E-state index in [9.17, 15) is 18.0 Å². The zero-order valence-electron chi connectivity index (χ0n) is 21.7. The monoisotopic (exact) mass is 531 g/mol. The summed E-state index contributed by atoms with van der Waals surface area (Å²) in [6.45, 7) is 5.13. The zero-order valence-corrected chi connectivity index (χ0v) is 21.7. The molecule has 0 spiro atoms. The van der Waals surface area contributed by atoms with E-state index >= 15 is 0 Å². The number of rotatable bonds is 4. The Hall–Kier alpha value is -4.13. The number of nitrogens with zero attached hydrogens (tertiary/aromatic N) is 3. The predicted octanol–water partition coefficient (Wildman–Crippen LogP) is 5.29. The van der Waals surface area contributed by atoms with Crippen molar-refractivity contribution in [1.29, 1.82) is 0 Å². The van der Waals surface area contributed by atoms with Gasteiger partial charge >= 0.3 is 6.18 Å². The van der Waals surface area contributed by atoms with Crippen LogP contribution in [0.4, 0.5) is 18.9 Å². The number of carbonyl (C=O) groups is 1. The fraction of sp³-hybridized carbons (Fsp3) is 0.267. The molecule has 5 rings (SSSR count). The summed E-state index contributed by atoms with van der Waals surface area (Å²) in [4.78, 5) is 24.7. The van der Waals surface area contributed by atoms with Gasteiger partial charge in [0.1, 0.15) is 5.65 Å². The number of aromatic nitrogens is 2. The topological polar surface area (TPSA) is 64.3 Å². The lowest BCUT2D eigenvalue weighted by Gasteiger charge is -2.33. The maximum atomic E-state index is 14.0. The molecule has 0 aliphatic carbocycles. The van der Waals surface area contributed by atoms with E-state index in [0.29, 0.717) is 24.2 Å². The molecule has 0 bridgehead atoms. The lowest BCUT2D eigenvalue weighted by molar-refractivity contribution is -0.138. The second kappa shape index (κ2) is 10.9. The fourth-order valence-electron chi connectivity index (χ4n) is 4.61. The molecule has 1 fully saturated rings. The van der Waals surface area contributed by atoms with Gasteiger partial charge < -0.3 is 15.2 Å². The van der Waals surface area contributed by atoms with Gasteiger partial charge in [-0.05, 0) is 61.5 Å². The van der Waals surface area contributed by atoms with E-state index in [-0.39, 0.29) is 23.4 Å². The van der Waals surface area contributed by atoms with Crippen LogP contribution in [0.15, 0.2) is 60.9 Å². The number of carbonyl (C=O) groups excluding carboxylic acids is 1. The van der Waals surface area contributed by atoms with E-state index in [2.05, 4.69) is 32.0 Å². The quantitative estimate of drug-likeness (QED) is 0.352. The van der Waals surface area contributed by atoms with Crippen molar-refractivity contribution in [3.8, 4) is 11.8 Å². The number of nitrogens with one attached hydrogen (secondary N) is 2. The van der Waals surface area contributed by atoms with Gasteiger partial charge in [-0.25, -0.2) is 4.98 Å². The van der Waals surface area contributed by atoms with Crippen molar-refractivity contribution in [2.24, 2.45) is 0 Å². The molecule has 1 amide bonds. The lowest BCUT2D eigenvalue weighted by atomic mass is 10.0. The number of halogens is 3. The zero-order chi connectivity index (χ0) is 27.6. The smallest absolute Gasteiger partial charge is 0.346 e. The van der Waals surface area contributed by atoms with Gasteiger partial charge in [-0.15, -0.1) is 0 Å². The molecule has 1 aliphatic heterocycles. The number of benzene rings is 2. The first kappa shape index (κ1) is 26.5. The number of hydrogen-bond acceptors (Lipinski definition) is 4. The minimum atomic E-state index is -4.54. The van der Waals surface area contributed by atoms with E-state index in [1.807, 2.05) is 31.0 Å². The Bertz CT molecular complexity index is 1570. The van der Waals surface area contributed by atoms with Gasteiger partial charge in [0.2, 0.25) is 0 Å². The van der Waals surface area contributed by atoms with Crippen LogP contribution in [-0.2, 0) is 12.7 Å². The van der Waals surface area contributed by atoms with Gasteiger partial charge in [-0.3, -0.25) is 9.69 Å². The van der Waals surface area contributed by atoms with Gasteiger partial charge in [0.05, 0.1) is 11.1 Å². The van der Waals surface area contributed by atoms with Gasteiger partial charge in [0.15, 0.2) is 0 Å². The minimum absolute atomic E-state index is 0.0797. The first-order valence-corrected chi connectivity index (χ1v) is 12.6. The van der Waals surface area contributed by atoms with Crippen LogP contribution in [0.5, 0.6) is 0 Å². The molecule has 0 saturated carbocycles. The summed E-state index contributed by atoms with van der Waals surface area (Å²) in [5.74, 6) is 5.55. The Morgan fingerprint density at radius 2 is 1.85 bits per heavy atom. The molecule has 2 aromatic heterocycles. The van der Waals surface area contributed by atoms with Crippen molar-refractivity contribution in [3.05, 3.63) is 94.3 Å². The number of aromatic amines is 1. The van der Waals surface area contributed by atoms with Gasteiger partial charge in [0.25, 0.3) is 5.91 Å². The summed E-state index contributed by atoms with van der Waals surface area (Å²) >= 11 is 0. The molecule has 1 saturated heterocycles. The molecule has 4 aromatic rings. The number of H-pyrrole nitrogens is 1. The Balaban J connectivity index is 1.38. The number of amides is 1. The Labute approximate surface area is 224 Å². The summed E-state index contributed by atoms with van der Waals surface area (Å²) in [6.07, 6.45) is -1.11. The van der Waals surface area contributed by atoms with Crippen molar-refractivity contribution in [1.82, 2.24) is 19.8 Å². The highest BCUT2D eigenvalue weighted by Gasteiger charge is 2.34. The number of aryl methyl sites for hydroxylation is 1. The van der Waals surface area contributed by atoms with E-state index in [1.165, 1.54) is 12.1 Å². The van der Waals surface area contributed by atoms with Crippen LogP contribution in [0.2, 0.25) is 0 Å². The summed E-state index contributed by atoms with van der Waals surface area (Å²) in [7, 11) is 2.00. The second-order valence-electron chi connectivity index (χ2n) is 9.84. The normalized spacial score (nSPS) is 14.7. The Morgan fingerprint density at radius 3 is 2.62 bits per heavy atom. The van der Waals surface area contributed by atoms with Crippen LogP contribution in [0, 0.1) is 18.8 Å². The van der Waals surface area contributed by atoms with Crippen molar-refractivity contribution >= 4 is 22.6 Å². The molecule has 6 nitrogen and oxygen atoms in total. The molecule has 0 radical (unpaired) electrons. The minimum Gasteiger partial charge on any atom is -0.346 e.